The quantitative estimate of drug-likeness (QED) is 0.685. The number of hydrogen-bond acceptors (Lipinski definition) is 4. The topological polar surface area (TPSA) is 73.8 Å². The van der Waals surface area contributed by atoms with Crippen LogP contribution >= 0.6 is 0 Å². The van der Waals surface area contributed by atoms with Gasteiger partial charge in [-0.05, 0) is 42.0 Å². The minimum atomic E-state index is 0.247. The molecule has 5 nitrogen and oxygen atoms in total. The van der Waals surface area contributed by atoms with Crippen LogP contribution in [0, 0.1) is 0 Å². The van der Waals surface area contributed by atoms with Gasteiger partial charge in [0.25, 0.3) is 0 Å². The van der Waals surface area contributed by atoms with E-state index in [0.717, 1.165) is 22.6 Å². The van der Waals surface area contributed by atoms with Crippen LogP contribution in [0.2, 0.25) is 0 Å². The maximum absolute atomic E-state index is 9.49. The second kappa shape index (κ2) is 5.92. The van der Waals surface area contributed by atoms with Crippen molar-refractivity contribution in [1.82, 2.24) is 15.2 Å². The predicted molar refractivity (Wildman–Crippen MR) is 82.6 cm³/mol. The van der Waals surface area contributed by atoms with Crippen molar-refractivity contribution in [3.8, 4) is 16.9 Å². The maximum Gasteiger partial charge on any atom is 0.129 e. The average Bonchev–Trinajstić information content (AvgIpc) is 3.01. The van der Waals surface area contributed by atoms with Crippen molar-refractivity contribution in [3.05, 3.63) is 66.8 Å². The van der Waals surface area contributed by atoms with E-state index in [1.54, 1.807) is 30.7 Å². The van der Waals surface area contributed by atoms with Crippen molar-refractivity contribution >= 4 is 11.9 Å². The Bertz CT molecular complexity index is 733. The van der Waals surface area contributed by atoms with Crippen molar-refractivity contribution in [1.29, 1.82) is 0 Å². The van der Waals surface area contributed by atoms with Gasteiger partial charge in [-0.3, -0.25) is 5.10 Å². The summed E-state index contributed by atoms with van der Waals surface area (Å²) in [6.07, 6.45) is 7.13. The van der Waals surface area contributed by atoms with Gasteiger partial charge in [0.15, 0.2) is 0 Å². The zero-order valence-corrected chi connectivity index (χ0v) is 11.2. The predicted octanol–water partition coefficient (Wildman–Crippen LogP) is 3.26. The van der Waals surface area contributed by atoms with Crippen LogP contribution in [0.25, 0.3) is 17.2 Å². The molecule has 0 aliphatic rings. The van der Waals surface area contributed by atoms with Crippen LogP contribution < -0.4 is 5.32 Å². The lowest BCUT2D eigenvalue weighted by Gasteiger charge is -2.04. The minimum absolute atomic E-state index is 0.247. The minimum Gasteiger partial charge on any atom is -0.508 e. The molecule has 0 fully saturated rings. The van der Waals surface area contributed by atoms with E-state index in [9.17, 15) is 5.11 Å². The normalized spacial score (nSPS) is 10.9. The molecule has 0 saturated heterocycles. The van der Waals surface area contributed by atoms with Crippen LogP contribution in [0.15, 0.2) is 61.1 Å². The Kier molecular flexibility index (Phi) is 3.64. The van der Waals surface area contributed by atoms with Gasteiger partial charge in [-0.2, -0.15) is 5.10 Å². The van der Waals surface area contributed by atoms with Crippen molar-refractivity contribution < 1.29 is 5.11 Å². The van der Waals surface area contributed by atoms with E-state index in [-0.39, 0.29) is 5.75 Å². The summed E-state index contributed by atoms with van der Waals surface area (Å²) >= 11 is 0. The van der Waals surface area contributed by atoms with Gasteiger partial charge in [0.05, 0.1) is 5.69 Å². The number of aromatic hydroxyl groups is 1. The first-order valence-corrected chi connectivity index (χ1v) is 6.49. The summed E-state index contributed by atoms with van der Waals surface area (Å²) in [6.45, 7) is 0. The Balaban J connectivity index is 1.69. The van der Waals surface area contributed by atoms with E-state index in [1.807, 2.05) is 36.4 Å². The SMILES string of the molecule is Oc1cccc(-c2ccc(N/C=C/c3ccn[nH]3)nc2)c1. The Labute approximate surface area is 122 Å². The summed E-state index contributed by atoms with van der Waals surface area (Å²) in [4.78, 5) is 4.33. The molecule has 1 aromatic carbocycles. The van der Waals surface area contributed by atoms with E-state index in [0.29, 0.717) is 0 Å². The van der Waals surface area contributed by atoms with E-state index in [2.05, 4.69) is 20.5 Å². The third kappa shape index (κ3) is 3.27. The molecule has 0 aliphatic heterocycles. The van der Waals surface area contributed by atoms with Gasteiger partial charge in [-0.25, -0.2) is 4.98 Å². The summed E-state index contributed by atoms with van der Waals surface area (Å²) in [7, 11) is 0. The molecule has 0 spiro atoms. The van der Waals surface area contributed by atoms with Gasteiger partial charge in [-0.15, -0.1) is 0 Å². The Morgan fingerprint density at radius 1 is 1.10 bits per heavy atom. The number of pyridine rings is 1. The standard InChI is InChI=1S/C16H14N4O/c21-15-3-1-2-12(10-15)13-4-5-16(18-11-13)17-8-6-14-7-9-19-20-14/h1-11,21H,(H,17,18)(H,19,20)/b8-6+. The number of aromatic amines is 1. The number of rotatable bonds is 4. The van der Waals surface area contributed by atoms with Gasteiger partial charge in [0, 0.05) is 24.2 Å². The summed E-state index contributed by atoms with van der Waals surface area (Å²) in [6, 6.07) is 12.8. The van der Waals surface area contributed by atoms with Crippen LogP contribution in [0.3, 0.4) is 0 Å². The summed E-state index contributed by atoms with van der Waals surface area (Å²) < 4.78 is 0. The zero-order valence-electron chi connectivity index (χ0n) is 11.2. The Morgan fingerprint density at radius 3 is 2.76 bits per heavy atom. The molecular formula is C16H14N4O. The molecule has 3 aromatic rings. The van der Waals surface area contributed by atoms with Crippen LogP contribution in [0.4, 0.5) is 5.82 Å². The van der Waals surface area contributed by atoms with Crippen LogP contribution in [0.1, 0.15) is 5.69 Å². The number of phenolic OH excluding ortho intramolecular Hbond substituents is 1. The Morgan fingerprint density at radius 2 is 2.05 bits per heavy atom. The van der Waals surface area contributed by atoms with E-state index in [1.165, 1.54) is 0 Å². The molecule has 2 aromatic heterocycles. The van der Waals surface area contributed by atoms with Crippen LogP contribution in [0.5, 0.6) is 5.75 Å². The molecule has 3 rings (SSSR count). The molecule has 0 radical (unpaired) electrons. The number of hydrogen-bond donors (Lipinski definition) is 3. The van der Waals surface area contributed by atoms with Crippen molar-refractivity contribution in [2.75, 3.05) is 5.32 Å². The van der Waals surface area contributed by atoms with Crippen LogP contribution in [-0.4, -0.2) is 20.3 Å². The van der Waals surface area contributed by atoms with Gasteiger partial charge >= 0.3 is 0 Å². The van der Waals surface area contributed by atoms with Crippen molar-refractivity contribution in [2.45, 2.75) is 0 Å². The molecule has 0 unspecified atom stereocenters. The first-order chi connectivity index (χ1) is 10.3. The molecule has 0 atom stereocenters. The van der Waals surface area contributed by atoms with Gasteiger partial charge in [-0.1, -0.05) is 12.1 Å². The van der Waals surface area contributed by atoms with Crippen molar-refractivity contribution in [2.24, 2.45) is 0 Å². The molecule has 104 valence electrons. The fourth-order valence-corrected chi connectivity index (χ4v) is 1.91. The molecule has 2 heterocycles. The molecule has 0 amide bonds. The largest absolute Gasteiger partial charge is 0.508 e. The van der Waals surface area contributed by atoms with E-state index < -0.39 is 0 Å². The second-order valence-electron chi connectivity index (χ2n) is 4.47. The molecule has 5 heteroatoms. The first-order valence-electron chi connectivity index (χ1n) is 6.49. The number of phenols is 1. The zero-order chi connectivity index (χ0) is 14.5. The van der Waals surface area contributed by atoms with E-state index in [4.69, 9.17) is 0 Å². The first kappa shape index (κ1) is 12.9. The van der Waals surface area contributed by atoms with E-state index >= 15 is 0 Å². The fourth-order valence-electron chi connectivity index (χ4n) is 1.91. The smallest absolute Gasteiger partial charge is 0.129 e. The second-order valence-corrected chi connectivity index (χ2v) is 4.47. The lowest BCUT2D eigenvalue weighted by atomic mass is 10.1. The van der Waals surface area contributed by atoms with Gasteiger partial charge in [0.2, 0.25) is 0 Å². The molecule has 21 heavy (non-hydrogen) atoms. The summed E-state index contributed by atoms with van der Waals surface area (Å²) in [5, 5.41) is 19.3. The number of benzene rings is 1. The average molecular weight is 278 g/mol. The highest BCUT2D eigenvalue weighted by Gasteiger charge is 1.99. The Hall–Kier alpha value is -3.08. The fraction of sp³-hybridized carbons (Fsp3) is 0. The number of aromatic nitrogens is 3. The molecule has 3 N–H and O–H groups in total. The molecule has 0 aliphatic carbocycles. The number of H-pyrrole nitrogens is 1. The molecule has 0 bridgehead atoms. The van der Waals surface area contributed by atoms with Gasteiger partial charge < -0.3 is 10.4 Å². The molecular weight excluding hydrogens is 264 g/mol. The third-order valence-corrected chi connectivity index (χ3v) is 2.96. The van der Waals surface area contributed by atoms with Gasteiger partial charge in [0.1, 0.15) is 11.6 Å². The van der Waals surface area contributed by atoms with Crippen LogP contribution in [-0.2, 0) is 0 Å². The highest BCUT2D eigenvalue weighted by molar-refractivity contribution is 5.65. The number of nitrogens with zero attached hydrogens (tertiary/aromatic N) is 2. The highest BCUT2D eigenvalue weighted by Crippen LogP contribution is 2.23. The third-order valence-electron chi connectivity index (χ3n) is 2.96. The monoisotopic (exact) mass is 278 g/mol. The summed E-state index contributed by atoms with van der Waals surface area (Å²) in [5.74, 6) is 0.992. The number of nitrogens with one attached hydrogen (secondary N) is 2. The lowest BCUT2D eigenvalue weighted by Crippen LogP contribution is -1.91. The molecule has 0 saturated carbocycles. The summed E-state index contributed by atoms with van der Waals surface area (Å²) in [5.41, 5.74) is 2.80. The highest BCUT2D eigenvalue weighted by atomic mass is 16.3. The lowest BCUT2D eigenvalue weighted by molar-refractivity contribution is 0.475. The van der Waals surface area contributed by atoms with Crippen molar-refractivity contribution in [3.63, 3.8) is 0 Å². The maximum atomic E-state index is 9.49. The number of anilines is 1.